The van der Waals surface area contributed by atoms with E-state index in [4.69, 9.17) is 0 Å². The highest BCUT2D eigenvalue weighted by Crippen LogP contribution is 2.15. The van der Waals surface area contributed by atoms with Crippen LogP contribution in [0.25, 0.3) is 0 Å². The summed E-state index contributed by atoms with van der Waals surface area (Å²) < 4.78 is 26.5. The van der Waals surface area contributed by atoms with E-state index in [1.165, 1.54) is 0 Å². The second kappa shape index (κ2) is 6.40. The molecule has 0 aromatic carbocycles. The summed E-state index contributed by atoms with van der Waals surface area (Å²) in [7, 11) is 0.615. The minimum absolute atomic E-state index is 0.0292. The number of nitrogens with one attached hydrogen (secondary N) is 1. The van der Waals surface area contributed by atoms with Gasteiger partial charge in [-0.3, -0.25) is 4.79 Å². The quantitative estimate of drug-likeness (QED) is 0.696. The SMILES string of the molecule is CN(C)CCCNC(=O)C1=CN2CCS(=O)(=O)N=C2C=C1. The molecule has 2 rings (SSSR count). The lowest BCUT2D eigenvalue weighted by Crippen LogP contribution is -2.38. The molecule has 0 radical (unpaired) electrons. The van der Waals surface area contributed by atoms with Gasteiger partial charge in [0.1, 0.15) is 5.84 Å². The van der Waals surface area contributed by atoms with Gasteiger partial charge in [0.25, 0.3) is 15.9 Å². The van der Waals surface area contributed by atoms with E-state index in [0.29, 0.717) is 24.5 Å². The first kappa shape index (κ1) is 15.7. The fourth-order valence-electron chi connectivity index (χ4n) is 2.03. The molecule has 0 aromatic rings. The first-order valence-electron chi connectivity index (χ1n) is 6.79. The van der Waals surface area contributed by atoms with Crippen LogP contribution in [0.15, 0.2) is 28.3 Å². The van der Waals surface area contributed by atoms with Crippen molar-refractivity contribution in [2.24, 2.45) is 4.40 Å². The fourth-order valence-corrected chi connectivity index (χ4v) is 3.00. The number of carbonyl (C=O) groups is 1. The van der Waals surface area contributed by atoms with Crippen molar-refractivity contribution in [3.05, 3.63) is 23.9 Å². The normalized spacial score (nSPS) is 19.9. The van der Waals surface area contributed by atoms with Gasteiger partial charge in [-0.15, -0.1) is 4.40 Å². The molecule has 7 nitrogen and oxygen atoms in total. The van der Waals surface area contributed by atoms with Gasteiger partial charge in [-0.1, -0.05) is 0 Å². The Morgan fingerprint density at radius 3 is 2.90 bits per heavy atom. The average molecular weight is 312 g/mol. The molecule has 8 heteroatoms. The summed E-state index contributed by atoms with van der Waals surface area (Å²) in [6.07, 6.45) is 5.68. The minimum atomic E-state index is -3.36. The van der Waals surface area contributed by atoms with Crippen molar-refractivity contribution in [3.8, 4) is 0 Å². The van der Waals surface area contributed by atoms with Crippen molar-refractivity contribution >= 4 is 21.8 Å². The topological polar surface area (TPSA) is 82.1 Å². The fraction of sp³-hybridized carbons (Fsp3) is 0.538. The summed E-state index contributed by atoms with van der Waals surface area (Å²) in [4.78, 5) is 15.8. The molecular weight excluding hydrogens is 292 g/mol. The Balaban J connectivity index is 1.93. The highest BCUT2D eigenvalue weighted by molar-refractivity contribution is 7.90. The van der Waals surface area contributed by atoms with Crippen LogP contribution in [0.4, 0.5) is 0 Å². The van der Waals surface area contributed by atoms with Crippen LogP contribution in [0.1, 0.15) is 6.42 Å². The summed E-state index contributed by atoms with van der Waals surface area (Å²) in [5.74, 6) is 0.182. The molecule has 2 aliphatic rings. The van der Waals surface area contributed by atoms with Crippen LogP contribution in [0.3, 0.4) is 0 Å². The first-order chi connectivity index (χ1) is 9.87. The van der Waals surface area contributed by atoms with E-state index in [2.05, 4.69) is 14.6 Å². The molecule has 2 heterocycles. The third-order valence-corrected chi connectivity index (χ3v) is 4.32. The molecule has 0 aromatic heterocycles. The Kier molecular flexibility index (Phi) is 4.79. The Hall–Kier alpha value is -1.67. The predicted octanol–water partition coefficient (Wildman–Crippen LogP) is -0.448. The zero-order valence-corrected chi connectivity index (χ0v) is 13.1. The van der Waals surface area contributed by atoms with Crippen molar-refractivity contribution in [3.63, 3.8) is 0 Å². The molecule has 1 amide bonds. The summed E-state index contributed by atoms with van der Waals surface area (Å²) in [6.45, 7) is 1.84. The number of rotatable bonds is 5. The zero-order valence-electron chi connectivity index (χ0n) is 12.2. The van der Waals surface area contributed by atoms with Crippen LogP contribution in [0.2, 0.25) is 0 Å². The van der Waals surface area contributed by atoms with Gasteiger partial charge >= 0.3 is 0 Å². The minimum Gasteiger partial charge on any atom is -0.352 e. The average Bonchev–Trinajstić information content (AvgIpc) is 2.41. The van der Waals surface area contributed by atoms with E-state index in [1.807, 2.05) is 14.1 Å². The monoisotopic (exact) mass is 312 g/mol. The number of fused-ring (bicyclic) bond motifs is 1. The molecule has 0 unspecified atom stereocenters. The molecule has 21 heavy (non-hydrogen) atoms. The van der Waals surface area contributed by atoms with Crippen LogP contribution in [-0.2, 0) is 14.8 Å². The van der Waals surface area contributed by atoms with Gasteiger partial charge in [0, 0.05) is 19.3 Å². The molecule has 2 aliphatic heterocycles. The number of sulfonamides is 1. The number of hydrogen-bond acceptors (Lipinski definition) is 5. The smallest absolute Gasteiger partial charge is 0.256 e. The van der Waals surface area contributed by atoms with Crippen molar-refractivity contribution in [2.45, 2.75) is 6.42 Å². The zero-order chi connectivity index (χ0) is 15.5. The van der Waals surface area contributed by atoms with Crippen LogP contribution in [0, 0.1) is 0 Å². The maximum Gasteiger partial charge on any atom is 0.256 e. The number of nitrogens with zero attached hydrogens (tertiary/aromatic N) is 3. The van der Waals surface area contributed by atoms with Crippen molar-refractivity contribution < 1.29 is 13.2 Å². The summed E-state index contributed by atoms with van der Waals surface area (Å²) >= 11 is 0. The number of carbonyl (C=O) groups excluding carboxylic acids is 1. The molecule has 0 bridgehead atoms. The lowest BCUT2D eigenvalue weighted by atomic mass is 10.1. The maximum atomic E-state index is 12.0. The molecule has 116 valence electrons. The molecule has 1 N–H and O–H groups in total. The molecule has 0 saturated heterocycles. The van der Waals surface area contributed by atoms with Gasteiger partial charge in [0.05, 0.1) is 11.3 Å². The highest BCUT2D eigenvalue weighted by Gasteiger charge is 2.24. The summed E-state index contributed by atoms with van der Waals surface area (Å²) in [6, 6.07) is 0. The molecular formula is C13H20N4O3S. The third kappa shape index (κ3) is 4.40. The Labute approximate surface area is 125 Å². The Bertz CT molecular complexity index is 605. The second-order valence-corrected chi connectivity index (χ2v) is 7.01. The molecule has 0 saturated carbocycles. The molecule has 0 atom stereocenters. The highest BCUT2D eigenvalue weighted by atomic mass is 32.2. The van der Waals surface area contributed by atoms with Crippen molar-refractivity contribution in [2.75, 3.05) is 39.5 Å². The number of hydrogen-bond donors (Lipinski definition) is 1. The third-order valence-electron chi connectivity index (χ3n) is 3.15. The molecule has 0 aliphatic carbocycles. The lowest BCUT2D eigenvalue weighted by molar-refractivity contribution is -0.117. The molecule has 0 fully saturated rings. The van der Waals surface area contributed by atoms with E-state index in [1.54, 1.807) is 23.3 Å². The van der Waals surface area contributed by atoms with Crippen LogP contribution < -0.4 is 5.32 Å². The van der Waals surface area contributed by atoms with Gasteiger partial charge in [-0.05, 0) is 39.2 Å². The number of amides is 1. The van der Waals surface area contributed by atoms with Crippen LogP contribution >= 0.6 is 0 Å². The summed E-state index contributed by atoms with van der Waals surface area (Å²) in [5.41, 5.74) is 0.512. The van der Waals surface area contributed by atoms with Gasteiger partial charge in [0.15, 0.2) is 0 Å². The van der Waals surface area contributed by atoms with Crippen molar-refractivity contribution in [1.29, 1.82) is 0 Å². The largest absolute Gasteiger partial charge is 0.352 e. The van der Waals surface area contributed by atoms with E-state index >= 15 is 0 Å². The van der Waals surface area contributed by atoms with Crippen molar-refractivity contribution in [1.82, 2.24) is 15.1 Å². The Morgan fingerprint density at radius 1 is 1.43 bits per heavy atom. The Morgan fingerprint density at radius 2 is 2.19 bits per heavy atom. The van der Waals surface area contributed by atoms with Crippen LogP contribution in [-0.4, -0.2) is 69.4 Å². The van der Waals surface area contributed by atoms with Gasteiger partial charge in [-0.25, -0.2) is 8.42 Å². The summed E-state index contributed by atoms with van der Waals surface area (Å²) in [5, 5.41) is 2.85. The van der Waals surface area contributed by atoms with Gasteiger partial charge in [0.2, 0.25) is 0 Å². The first-order valence-corrected chi connectivity index (χ1v) is 8.40. The lowest BCUT2D eigenvalue weighted by Gasteiger charge is -2.26. The van der Waals surface area contributed by atoms with E-state index in [-0.39, 0.29) is 11.7 Å². The molecule has 0 spiro atoms. The standard InChI is InChI=1S/C13H20N4O3S/c1-16(2)7-3-6-14-13(18)11-4-5-12-15-21(19,20)9-8-17(12)10-11/h4-5,10H,3,6-9H2,1-2H3,(H,14,18). The predicted molar refractivity (Wildman–Crippen MR) is 81.3 cm³/mol. The van der Waals surface area contributed by atoms with Gasteiger partial charge < -0.3 is 15.1 Å². The van der Waals surface area contributed by atoms with Crippen LogP contribution in [0.5, 0.6) is 0 Å². The number of amidine groups is 1. The van der Waals surface area contributed by atoms with Gasteiger partial charge in [-0.2, -0.15) is 0 Å². The van der Waals surface area contributed by atoms with E-state index in [0.717, 1.165) is 13.0 Å². The van der Waals surface area contributed by atoms with E-state index in [9.17, 15) is 13.2 Å². The maximum absolute atomic E-state index is 12.0. The van der Waals surface area contributed by atoms with E-state index < -0.39 is 10.0 Å². The second-order valence-electron chi connectivity index (χ2n) is 5.26.